The summed E-state index contributed by atoms with van der Waals surface area (Å²) in [5.41, 5.74) is 17.2. The number of rotatable bonds is 7. The van der Waals surface area contributed by atoms with Gasteiger partial charge >= 0.3 is 7.28 Å². The van der Waals surface area contributed by atoms with Crippen LogP contribution in [0.1, 0.15) is 25.0 Å². The van der Waals surface area contributed by atoms with Crippen LogP contribution in [0.15, 0.2) is 194 Å². The van der Waals surface area contributed by atoms with Crippen molar-refractivity contribution in [3.8, 4) is 39.1 Å². The molecule has 6 heteroatoms. The highest BCUT2D eigenvalue weighted by Crippen LogP contribution is 2.50. The summed E-state index contributed by atoms with van der Waals surface area (Å²) in [7, 11) is 4.55. The van der Waals surface area contributed by atoms with Crippen molar-refractivity contribution in [3.63, 3.8) is 0 Å². The number of fused-ring (bicyclic) bond motifs is 6. The number of para-hydroxylation sites is 2. The Kier molecular flexibility index (Phi) is 10.1. The second kappa shape index (κ2) is 15.7. The van der Waals surface area contributed by atoms with Crippen LogP contribution in [0.2, 0.25) is 0 Å². The first-order valence-corrected chi connectivity index (χ1v) is 21.5. The van der Waals surface area contributed by atoms with Crippen molar-refractivity contribution < 1.29 is 4.32 Å². The van der Waals surface area contributed by atoms with Crippen molar-refractivity contribution >= 4 is 61.4 Å². The molecule has 9 aromatic rings. The fourth-order valence-electron chi connectivity index (χ4n) is 8.52. The van der Waals surface area contributed by atoms with Crippen LogP contribution in [0.25, 0.3) is 60.9 Å². The van der Waals surface area contributed by atoms with Gasteiger partial charge in [0, 0.05) is 38.9 Å². The molecule has 2 nitrogen and oxygen atoms in total. The fourth-order valence-corrected chi connectivity index (χ4v) is 8.52. The smallest absolute Gasteiger partial charge is 0.336 e. The van der Waals surface area contributed by atoms with E-state index < -0.39 is 7.68 Å². The van der Waals surface area contributed by atoms with Gasteiger partial charge in [-0.25, -0.2) is 0 Å². The largest absolute Gasteiger partial charge is 0.375 e. The summed E-state index contributed by atoms with van der Waals surface area (Å²) in [4.78, 5) is 2.40. The van der Waals surface area contributed by atoms with Gasteiger partial charge in [0.1, 0.15) is 0 Å². The maximum absolute atomic E-state index is 10.9. The lowest BCUT2D eigenvalue weighted by atomic mass is 9.82. The molecule has 0 amide bonds. The summed E-state index contributed by atoms with van der Waals surface area (Å²) in [6, 6.07) is 70.8. The Balaban J connectivity index is 0.000000823. The summed E-state index contributed by atoms with van der Waals surface area (Å²) in [5, 5.41) is 2.52. The first-order chi connectivity index (χ1) is 28.3. The lowest BCUT2D eigenvalue weighted by molar-refractivity contribution is 0.660. The van der Waals surface area contributed by atoms with Crippen LogP contribution < -0.4 is 4.90 Å². The summed E-state index contributed by atoms with van der Waals surface area (Å²) < 4.78 is 13.3. The zero-order valence-electron chi connectivity index (χ0n) is 32.8. The van der Waals surface area contributed by atoms with Gasteiger partial charge in [-0.1, -0.05) is 148 Å². The van der Waals surface area contributed by atoms with E-state index in [2.05, 4.69) is 217 Å². The molecule has 58 heavy (non-hydrogen) atoms. The molecule has 0 saturated carbocycles. The van der Waals surface area contributed by atoms with E-state index in [0.29, 0.717) is 7.28 Å². The van der Waals surface area contributed by atoms with E-state index in [4.69, 9.17) is 7.57 Å². The van der Waals surface area contributed by atoms with Crippen LogP contribution in [0, 0.1) is 0 Å². The van der Waals surface area contributed by atoms with Crippen molar-refractivity contribution in [2.24, 2.45) is 0 Å². The summed E-state index contributed by atoms with van der Waals surface area (Å²) >= 11 is 0. The van der Waals surface area contributed by atoms with E-state index in [1.54, 1.807) is 6.66 Å². The number of anilines is 3. The SMILES string of the molecule is CC1(C)c2ccccc2-c2ccc(N(c3ccc(-c4ccccc4)cc3)c3ccc(-c4ccc5c(c4)c4ccccc4n5-c4ccccc4)cc3)cc21.[B]P(C)[B]F. The van der Waals surface area contributed by atoms with E-state index in [0.717, 1.165) is 17.1 Å². The number of hydrogen-bond acceptors (Lipinski definition) is 1. The Hall–Kier alpha value is -6.15. The minimum Gasteiger partial charge on any atom is -0.336 e. The van der Waals surface area contributed by atoms with Gasteiger partial charge in [0.2, 0.25) is 0 Å². The van der Waals surface area contributed by atoms with Crippen LogP contribution in [-0.2, 0) is 5.41 Å². The predicted molar refractivity (Wildman–Crippen MR) is 249 cm³/mol. The van der Waals surface area contributed by atoms with E-state index in [1.165, 1.54) is 72.0 Å². The van der Waals surface area contributed by atoms with Crippen molar-refractivity contribution in [1.29, 1.82) is 0 Å². The Morgan fingerprint density at radius 3 is 1.67 bits per heavy atom. The normalized spacial score (nSPS) is 13.0. The molecule has 1 aliphatic rings. The molecule has 0 bridgehead atoms. The first-order valence-electron chi connectivity index (χ1n) is 19.6. The standard InChI is InChI=1S/C51H38N2.CH3B2FP/c1-51(2)47-19-11-9-17-43(47)44-31-30-42(34-48(44)51)52(40-26-21-36(22-27-40)35-13-5-3-6-14-35)41-28-23-37(24-29-41)38-25-32-50-46(33-38)45-18-10-12-20-49(45)53(50)39-15-7-4-8-16-39;1-5(2)3-4/h3-34H,1-2H3;1H3. The van der Waals surface area contributed by atoms with Gasteiger partial charge in [-0.2, -0.15) is 7.68 Å². The van der Waals surface area contributed by atoms with Crippen molar-refractivity contribution in [2.45, 2.75) is 19.3 Å². The first kappa shape index (κ1) is 37.4. The van der Waals surface area contributed by atoms with E-state index in [1.807, 2.05) is 0 Å². The van der Waals surface area contributed by atoms with Gasteiger partial charge in [-0.15, -0.1) is 0 Å². The number of aromatic nitrogens is 1. The molecule has 277 valence electrons. The average Bonchev–Trinajstić information content (AvgIpc) is 3.73. The number of nitrogens with zero attached hydrogens (tertiary/aromatic N) is 2. The molecule has 0 aliphatic heterocycles. The molecule has 8 aromatic carbocycles. The Morgan fingerprint density at radius 2 is 1.00 bits per heavy atom. The third kappa shape index (κ3) is 6.84. The van der Waals surface area contributed by atoms with Crippen molar-refractivity contribution in [1.82, 2.24) is 4.57 Å². The number of hydrogen-bond donors (Lipinski definition) is 0. The summed E-state index contributed by atoms with van der Waals surface area (Å²) in [6.45, 7) is 6.34. The van der Waals surface area contributed by atoms with Gasteiger partial charge in [0.25, 0.3) is 0 Å². The zero-order chi connectivity index (χ0) is 39.8. The van der Waals surface area contributed by atoms with E-state index in [-0.39, 0.29) is 5.41 Å². The molecule has 10 rings (SSSR count). The van der Waals surface area contributed by atoms with Crippen LogP contribution in [0.5, 0.6) is 0 Å². The topological polar surface area (TPSA) is 8.17 Å². The second-order valence-electron chi connectivity index (χ2n) is 15.4. The van der Waals surface area contributed by atoms with E-state index >= 15 is 0 Å². The second-order valence-corrected chi connectivity index (χ2v) is 16.9. The van der Waals surface area contributed by atoms with Gasteiger partial charge in [-0.05, 0) is 111 Å². The Bertz CT molecular complexity index is 2870. The molecule has 1 aromatic heterocycles. The van der Waals surface area contributed by atoms with Gasteiger partial charge in [0.15, 0.2) is 0 Å². The molecule has 1 atom stereocenters. The Labute approximate surface area is 344 Å². The summed E-state index contributed by atoms with van der Waals surface area (Å²) in [6.07, 6.45) is 0. The van der Waals surface area contributed by atoms with Crippen LogP contribution in [0.4, 0.5) is 21.4 Å². The highest BCUT2D eigenvalue weighted by Gasteiger charge is 2.35. The molecule has 0 saturated heterocycles. The minimum absolute atomic E-state index is 0.0864. The zero-order valence-corrected chi connectivity index (χ0v) is 33.7. The molecule has 3 radical (unpaired) electrons. The van der Waals surface area contributed by atoms with Gasteiger partial charge in [0.05, 0.1) is 18.6 Å². The highest BCUT2D eigenvalue weighted by atomic mass is 31.1. The highest BCUT2D eigenvalue weighted by molar-refractivity contribution is 8.02. The third-order valence-electron chi connectivity index (χ3n) is 11.4. The third-order valence-corrected chi connectivity index (χ3v) is 11.7. The molecule has 0 N–H and O–H groups in total. The van der Waals surface area contributed by atoms with Gasteiger partial charge < -0.3 is 13.8 Å². The average molecular weight is 766 g/mol. The van der Waals surface area contributed by atoms with E-state index in [9.17, 15) is 4.32 Å². The molecule has 0 fully saturated rings. The van der Waals surface area contributed by atoms with Crippen molar-refractivity contribution in [2.75, 3.05) is 11.6 Å². The van der Waals surface area contributed by atoms with Gasteiger partial charge in [-0.3, -0.25) is 0 Å². The lowest BCUT2D eigenvalue weighted by Gasteiger charge is -2.28. The van der Waals surface area contributed by atoms with Crippen LogP contribution in [-0.4, -0.2) is 26.1 Å². The maximum Gasteiger partial charge on any atom is 0.375 e. The van der Waals surface area contributed by atoms with Crippen LogP contribution >= 0.6 is 7.68 Å². The monoisotopic (exact) mass is 765 g/mol. The fraction of sp³-hybridized carbons (Fsp3) is 0.0769. The molecular formula is C52H41B2FN2P. The lowest BCUT2D eigenvalue weighted by Crippen LogP contribution is -2.16. The van der Waals surface area contributed by atoms with Crippen molar-refractivity contribution in [3.05, 3.63) is 205 Å². The Morgan fingerprint density at radius 1 is 0.500 bits per heavy atom. The molecule has 1 heterocycles. The molecule has 0 spiro atoms. The summed E-state index contributed by atoms with van der Waals surface area (Å²) in [5.74, 6) is 0. The van der Waals surface area contributed by atoms with Crippen LogP contribution in [0.3, 0.4) is 0 Å². The molecule has 1 aliphatic carbocycles. The number of benzene rings is 8. The number of halogens is 1. The maximum atomic E-state index is 10.9. The minimum atomic E-state index is -0.890. The predicted octanol–water partition coefficient (Wildman–Crippen LogP) is 14.6. The molecule has 1 unspecified atom stereocenters. The molecular weight excluding hydrogens is 724 g/mol. The quantitative estimate of drug-likeness (QED) is 0.116.